The lowest BCUT2D eigenvalue weighted by Gasteiger charge is -1.98. The second-order valence-corrected chi connectivity index (χ2v) is 4.01. The van der Waals surface area contributed by atoms with Crippen LogP contribution in [0.5, 0.6) is 0 Å². The highest BCUT2D eigenvalue weighted by Crippen LogP contribution is 2.24. The SMILES string of the molecule is Fc1ccc(-c2cc3n(n2)C[C@@H](F)C3)cc1. The van der Waals surface area contributed by atoms with Crippen LogP contribution in [-0.2, 0) is 13.0 Å². The Balaban J connectivity index is 1.97. The number of halogens is 2. The first-order valence-corrected chi connectivity index (χ1v) is 5.19. The van der Waals surface area contributed by atoms with Crippen molar-refractivity contribution in [2.45, 2.75) is 19.1 Å². The molecule has 1 aromatic carbocycles. The Morgan fingerprint density at radius 3 is 2.69 bits per heavy atom. The van der Waals surface area contributed by atoms with Crippen molar-refractivity contribution in [3.05, 3.63) is 41.8 Å². The predicted molar refractivity (Wildman–Crippen MR) is 56.2 cm³/mol. The summed E-state index contributed by atoms with van der Waals surface area (Å²) in [6.07, 6.45) is -0.390. The number of alkyl halides is 1. The molecule has 1 aliphatic heterocycles. The van der Waals surface area contributed by atoms with Crippen molar-refractivity contribution in [2.75, 3.05) is 0 Å². The van der Waals surface area contributed by atoms with Gasteiger partial charge in [-0.15, -0.1) is 0 Å². The third kappa shape index (κ3) is 1.50. The van der Waals surface area contributed by atoms with E-state index in [1.807, 2.05) is 6.07 Å². The topological polar surface area (TPSA) is 17.8 Å². The van der Waals surface area contributed by atoms with E-state index in [1.165, 1.54) is 12.1 Å². The van der Waals surface area contributed by atoms with E-state index in [2.05, 4.69) is 5.10 Å². The van der Waals surface area contributed by atoms with Gasteiger partial charge in [-0.2, -0.15) is 5.10 Å². The van der Waals surface area contributed by atoms with Gasteiger partial charge in [0.2, 0.25) is 0 Å². The maximum absolute atomic E-state index is 13.0. The highest BCUT2D eigenvalue weighted by atomic mass is 19.1. The van der Waals surface area contributed by atoms with Crippen LogP contribution in [0.2, 0.25) is 0 Å². The Bertz CT molecular complexity index is 493. The normalized spacial score (nSPS) is 18.8. The molecule has 0 fully saturated rings. The molecule has 0 saturated carbocycles. The molecule has 2 heterocycles. The minimum absolute atomic E-state index is 0.265. The van der Waals surface area contributed by atoms with E-state index in [4.69, 9.17) is 0 Å². The summed E-state index contributed by atoms with van der Waals surface area (Å²) in [5.74, 6) is -0.265. The third-order valence-corrected chi connectivity index (χ3v) is 2.80. The van der Waals surface area contributed by atoms with Crippen molar-refractivity contribution < 1.29 is 8.78 Å². The average molecular weight is 220 g/mol. The van der Waals surface area contributed by atoms with Gasteiger partial charge in [-0.05, 0) is 30.3 Å². The quantitative estimate of drug-likeness (QED) is 0.722. The largest absolute Gasteiger partial charge is 0.266 e. The molecule has 3 rings (SSSR count). The Morgan fingerprint density at radius 1 is 1.25 bits per heavy atom. The summed E-state index contributed by atoms with van der Waals surface area (Å²) in [5.41, 5.74) is 2.55. The smallest absolute Gasteiger partial charge is 0.125 e. The fourth-order valence-corrected chi connectivity index (χ4v) is 2.02. The van der Waals surface area contributed by atoms with Gasteiger partial charge in [-0.3, -0.25) is 4.68 Å². The first-order valence-electron chi connectivity index (χ1n) is 5.19. The van der Waals surface area contributed by atoms with Gasteiger partial charge >= 0.3 is 0 Å². The Kier molecular flexibility index (Phi) is 2.02. The molecule has 1 aliphatic rings. The van der Waals surface area contributed by atoms with Gasteiger partial charge in [0.1, 0.15) is 12.0 Å². The molecule has 1 aromatic heterocycles. The first kappa shape index (κ1) is 9.51. The van der Waals surface area contributed by atoms with Gasteiger partial charge in [-0.1, -0.05) is 0 Å². The molecule has 4 heteroatoms. The molecule has 2 aromatic rings. The second kappa shape index (κ2) is 3.40. The predicted octanol–water partition coefficient (Wildman–Crippen LogP) is 2.58. The highest BCUT2D eigenvalue weighted by Gasteiger charge is 2.22. The third-order valence-electron chi connectivity index (χ3n) is 2.80. The Hall–Kier alpha value is -1.71. The average Bonchev–Trinajstić information content (AvgIpc) is 2.75. The zero-order valence-corrected chi connectivity index (χ0v) is 8.53. The molecule has 0 aliphatic carbocycles. The van der Waals surface area contributed by atoms with E-state index < -0.39 is 6.17 Å². The summed E-state index contributed by atoms with van der Waals surface area (Å²) in [7, 11) is 0. The van der Waals surface area contributed by atoms with Crippen LogP contribution in [0.4, 0.5) is 8.78 Å². The van der Waals surface area contributed by atoms with Gasteiger partial charge in [0.05, 0.1) is 12.2 Å². The van der Waals surface area contributed by atoms with Gasteiger partial charge in [0.15, 0.2) is 0 Å². The monoisotopic (exact) mass is 220 g/mol. The summed E-state index contributed by atoms with van der Waals surface area (Å²) in [4.78, 5) is 0. The van der Waals surface area contributed by atoms with Crippen LogP contribution in [0.1, 0.15) is 5.69 Å². The number of hydrogen-bond acceptors (Lipinski definition) is 1. The lowest BCUT2D eigenvalue weighted by atomic mass is 10.1. The first-order chi connectivity index (χ1) is 7.72. The molecule has 0 saturated heterocycles. The molecule has 0 N–H and O–H groups in total. The number of hydrogen-bond donors (Lipinski definition) is 0. The molecule has 0 radical (unpaired) electrons. The molecule has 16 heavy (non-hydrogen) atoms. The van der Waals surface area contributed by atoms with Crippen LogP contribution in [0.25, 0.3) is 11.3 Å². The van der Waals surface area contributed by atoms with Crippen LogP contribution in [-0.4, -0.2) is 16.0 Å². The van der Waals surface area contributed by atoms with Crippen molar-refractivity contribution >= 4 is 0 Å². The molecular formula is C12H10F2N2. The lowest BCUT2D eigenvalue weighted by Crippen LogP contribution is -2.03. The van der Waals surface area contributed by atoms with Crippen LogP contribution in [0, 0.1) is 5.82 Å². The summed E-state index contributed by atoms with van der Waals surface area (Å²) >= 11 is 0. The molecule has 0 unspecified atom stereocenters. The second-order valence-electron chi connectivity index (χ2n) is 4.01. The molecule has 0 bridgehead atoms. The molecule has 2 nitrogen and oxygen atoms in total. The summed E-state index contributed by atoms with van der Waals surface area (Å²) in [6, 6.07) is 8.03. The van der Waals surface area contributed by atoms with E-state index >= 15 is 0 Å². The van der Waals surface area contributed by atoms with E-state index in [1.54, 1.807) is 16.8 Å². The highest BCUT2D eigenvalue weighted by molar-refractivity contribution is 5.59. The van der Waals surface area contributed by atoms with E-state index in [0.717, 1.165) is 17.0 Å². The minimum atomic E-state index is -0.815. The van der Waals surface area contributed by atoms with E-state index in [0.29, 0.717) is 13.0 Å². The molecular weight excluding hydrogens is 210 g/mol. The summed E-state index contributed by atoms with van der Waals surface area (Å²) in [6.45, 7) is 0.330. The lowest BCUT2D eigenvalue weighted by molar-refractivity contribution is 0.322. The Morgan fingerprint density at radius 2 is 2.00 bits per heavy atom. The van der Waals surface area contributed by atoms with E-state index in [-0.39, 0.29) is 5.82 Å². The Labute approximate surface area is 91.5 Å². The van der Waals surface area contributed by atoms with Gasteiger partial charge in [-0.25, -0.2) is 8.78 Å². The zero-order valence-electron chi connectivity index (χ0n) is 8.53. The number of nitrogens with zero attached hydrogens (tertiary/aromatic N) is 2. The summed E-state index contributed by atoms with van der Waals surface area (Å²) < 4.78 is 27.5. The van der Waals surface area contributed by atoms with Gasteiger partial charge in [0, 0.05) is 17.7 Å². The van der Waals surface area contributed by atoms with Crippen LogP contribution >= 0.6 is 0 Å². The van der Waals surface area contributed by atoms with Gasteiger partial charge < -0.3 is 0 Å². The van der Waals surface area contributed by atoms with Crippen molar-refractivity contribution in [3.63, 3.8) is 0 Å². The van der Waals surface area contributed by atoms with Crippen LogP contribution < -0.4 is 0 Å². The maximum Gasteiger partial charge on any atom is 0.125 e. The zero-order chi connectivity index (χ0) is 11.1. The fraction of sp³-hybridized carbons (Fsp3) is 0.250. The standard InChI is InChI=1S/C12H10F2N2/c13-9-3-1-8(2-4-9)12-6-11-5-10(14)7-16(11)15-12/h1-4,6,10H,5,7H2/t10-/m0/s1. The van der Waals surface area contributed by atoms with Crippen LogP contribution in [0.15, 0.2) is 30.3 Å². The maximum atomic E-state index is 13.0. The van der Waals surface area contributed by atoms with Crippen molar-refractivity contribution in [1.29, 1.82) is 0 Å². The molecule has 0 spiro atoms. The molecule has 82 valence electrons. The summed E-state index contributed by atoms with van der Waals surface area (Å²) in [5, 5.41) is 4.30. The number of fused-ring (bicyclic) bond motifs is 1. The number of benzene rings is 1. The number of aromatic nitrogens is 2. The minimum Gasteiger partial charge on any atom is -0.266 e. The van der Waals surface area contributed by atoms with Crippen molar-refractivity contribution in [3.8, 4) is 11.3 Å². The molecule has 1 atom stereocenters. The number of rotatable bonds is 1. The van der Waals surface area contributed by atoms with E-state index in [9.17, 15) is 8.78 Å². The van der Waals surface area contributed by atoms with Crippen molar-refractivity contribution in [1.82, 2.24) is 9.78 Å². The van der Waals surface area contributed by atoms with Gasteiger partial charge in [0.25, 0.3) is 0 Å². The fourth-order valence-electron chi connectivity index (χ4n) is 2.02. The van der Waals surface area contributed by atoms with Crippen molar-refractivity contribution in [2.24, 2.45) is 0 Å². The van der Waals surface area contributed by atoms with Crippen LogP contribution in [0.3, 0.4) is 0 Å². The molecule has 0 amide bonds.